The van der Waals surface area contributed by atoms with E-state index >= 15 is 0 Å². The summed E-state index contributed by atoms with van der Waals surface area (Å²) in [5.74, 6) is 0.904. The molecule has 1 aromatic carbocycles. The predicted molar refractivity (Wildman–Crippen MR) is 85.7 cm³/mol. The van der Waals surface area contributed by atoms with Gasteiger partial charge in [0.05, 0.1) is 0 Å². The molecular weight excluding hydrogens is 270 g/mol. The molecule has 1 unspecified atom stereocenters. The van der Waals surface area contributed by atoms with Gasteiger partial charge in [0, 0.05) is 36.9 Å². The molecule has 2 saturated heterocycles. The van der Waals surface area contributed by atoms with E-state index in [1.54, 1.807) is 0 Å². The largest absolute Gasteiger partial charge is 0.369 e. The number of hydrogen-bond acceptors (Lipinski definition) is 3. The summed E-state index contributed by atoms with van der Waals surface area (Å²) < 4.78 is 0. The van der Waals surface area contributed by atoms with Gasteiger partial charge in [-0.1, -0.05) is 17.7 Å². The highest BCUT2D eigenvalue weighted by atomic mass is 35.5. The van der Waals surface area contributed by atoms with E-state index in [0.717, 1.165) is 24.0 Å². The lowest BCUT2D eigenvalue weighted by Gasteiger charge is -2.36. The summed E-state index contributed by atoms with van der Waals surface area (Å²) >= 11 is 6.07. The Labute approximate surface area is 126 Å². The highest BCUT2D eigenvalue weighted by Crippen LogP contribution is 2.21. The molecule has 0 bridgehead atoms. The van der Waals surface area contributed by atoms with Gasteiger partial charge in [-0.2, -0.15) is 0 Å². The molecule has 3 nitrogen and oxygen atoms in total. The van der Waals surface area contributed by atoms with Gasteiger partial charge in [-0.05, 0) is 56.6 Å². The van der Waals surface area contributed by atoms with Crippen molar-refractivity contribution < 1.29 is 0 Å². The average molecular weight is 294 g/mol. The number of benzene rings is 1. The van der Waals surface area contributed by atoms with Crippen LogP contribution in [0.4, 0.5) is 5.69 Å². The lowest BCUT2D eigenvalue weighted by molar-refractivity contribution is 0.241. The number of nitrogens with zero attached hydrogens (tertiary/aromatic N) is 2. The van der Waals surface area contributed by atoms with E-state index in [1.165, 1.54) is 51.3 Å². The number of anilines is 1. The zero-order valence-electron chi connectivity index (χ0n) is 12.0. The van der Waals surface area contributed by atoms with Gasteiger partial charge in [-0.3, -0.25) is 4.90 Å². The molecule has 3 rings (SSSR count). The average Bonchev–Trinajstić information content (AvgIpc) is 2.99. The molecule has 1 atom stereocenters. The molecule has 1 aromatic rings. The van der Waals surface area contributed by atoms with E-state index in [4.69, 9.17) is 11.6 Å². The zero-order chi connectivity index (χ0) is 13.8. The van der Waals surface area contributed by atoms with Crippen molar-refractivity contribution in [2.75, 3.05) is 50.7 Å². The van der Waals surface area contributed by atoms with Crippen molar-refractivity contribution in [3.63, 3.8) is 0 Å². The van der Waals surface area contributed by atoms with Crippen LogP contribution in [0.2, 0.25) is 5.02 Å². The van der Waals surface area contributed by atoms with Crippen molar-refractivity contribution in [2.45, 2.75) is 12.8 Å². The van der Waals surface area contributed by atoms with Crippen molar-refractivity contribution in [3.8, 4) is 0 Å². The third kappa shape index (κ3) is 3.66. The molecule has 2 aliphatic heterocycles. The Morgan fingerprint density at radius 2 is 2.05 bits per heavy atom. The topological polar surface area (TPSA) is 18.5 Å². The Kier molecular flexibility index (Phi) is 4.81. The summed E-state index contributed by atoms with van der Waals surface area (Å²) in [6.07, 6.45) is 2.71. The van der Waals surface area contributed by atoms with Gasteiger partial charge in [-0.25, -0.2) is 0 Å². The van der Waals surface area contributed by atoms with Crippen LogP contribution in [0.3, 0.4) is 0 Å². The summed E-state index contributed by atoms with van der Waals surface area (Å²) in [6, 6.07) is 8.21. The van der Waals surface area contributed by atoms with Crippen LogP contribution in [0.15, 0.2) is 24.3 Å². The standard InChI is InChI=1S/C16H24ClN3/c17-15-2-1-3-16(12-15)20-10-8-19(9-11-20)7-5-14-4-6-18-13-14/h1-3,12,14,18H,4-11,13H2. The highest BCUT2D eigenvalue weighted by molar-refractivity contribution is 6.30. The molecule has 4 heteroatoms. The lowest BCUT2D eigenvalue weighted by Crippen LogP contribution is -2.46. The number of rotatable bonds is 4. The fourth-order valence-corrected chi connectivity index (χ4v) is 3.41. The van der Waals surface area contributed by atoms with Gasteiger partial charge in [-0.15, -0.1) is 0 Å². The fraction of sp³-hybridized carbons (Fsp3) is 0.625. The van der Waals surface area contributed by atoms with Crippen LogP contribution in [-0.2, 0) is 0 Å². The van der Waals surface area contributed by atoms with E-state index in [-0.39, 0.29) is 0 Å². The first kappa shape index (κ1) is 14.2. The molecule has 20 heavy (non-hydrogen) atoms. The van der Waals surface area contributed by atoms with Crippen molar-refractivity contribution >= 4 is 17.3 Å². The van der Waals surface area contributed by atoms with Gasteiger partial charge in [0.25, 0.3) is 0 Å². The fourth-order valence-electron chi connectivity index (χ4n) is 3.23. The van der Waals surface area contributed by atoms with E-state index in [0.29, 0.717) is 0 Å². The molecule has 0 radical (unpaired) electrons. The van der Waals surface area contributed by atoms with Crippen LogP contribution in [0, 0.1) is 5.92 Å². The van der Waals surface area contributed by atoms with E-state index in [1.807, 2.05) is 12.1 Å². The van der Waals surface area contributed by atoms with Crippen molar-refractivity contribution in [3.05, 3.63) is 29.3 Å². The smallest absolute Gasteiger partial charge is 0.0426 e. The molecule has 2 aliphatic rings. The summed E-state index contributed by atoms with van der Waals surface area (Å²) in [4.78, 5) is 5.05. The maximum Gasteiger partial charge on any atom is 0.0426 e. The predicted octanol–water partition coefficient (Wildman–Crippen LogP) is 2.46. The van der Waals surface area contributed by atoms with Crippen LogP contribution in [-0.4, -0.2) is 50.7 Å². The van der Waals surface area contributed by atoms with Gasteiger partial charge in [0.15, 0.2) is 0 Å². The maximum atomic E-state index is 6.07. The molecule has 0 aromatic heterocycles. The minimum absolute atomic E-state index is 0.832. The monoisotopic (exact) mass is 293 g/mol. The summed E-state index contributed by atoms with van der Waals surface area (Å²) in [6.45, 7) is 8.28. The maximum absolute atomic E-state index is 6.07. The number of halogens is 1. The summed E-state index contributed by atoms with van der Waals surface area (Å²) in [5, 5.41) is 4.29. The molecule has 0 spiro atoms. The molecule has 0 saturated carbocycles. The first-order valence-electron chi connectivity index (χ1n) is 7.75. The number of hydrogen-bond donors (Lipinski definition) is 1. The second kappa shape index (κ2) is 6.79. The van der Waals surface area contributed by atoms with Gasteiger partial charge in [0.1, 0.15) is 0 Å². The molecule has 2 heterocycles. The first-order chi connectivity index (χ1) is 9.81. The Morgan fingerprint density at radius 1 is 1.20 bits per heavy atom. The third-order valence-corrected chi connectivity index (χ3v) is 4.80. The van der Waals surface area contributed by atoms with E-state index in [2.05, 4.69) is 27.2 Å². The summed E-state index contributed by atoms with van der Waals surface area (Å²) in [5.41, 5.74) is 1.26. The molecule has 0 aliphatic carbocycles. The van der Waals surface area contributed by atoms with Crippen molar-refractivity contribution in [1.82, 2.24) is 10.2 Å². The van der Waals surface area contributed by atoms with E-state index in [9.17, 15) is 0 Å². The zero-order valence-corrected chi connectivity index (χ0v) is 12.8. The minimum Gasteiger partial charge on any atom is -0.369 e. The van der Waals surface area contributed by atoms with Crippen LogP contribution >= 0.6 is 11.6 Å². The number of nitrogens with one attached hydrogen (secondary N) is 1. The second-order valence-electron chi connectivity index (χ2n) is 5.96. The Morgan fingerprint density at radius 3 is 2.75 bits per heavy atom. The van der Waals surface area contributed by atoms with Gasteiger partial charge < -0.3 is 10.2 Å². The Hall–Kier alpha value is -0.770. The third-order valence-electron chi connectivity index (χ3n) is 4.56. The quantitative estimate of drug-likeness (QED) is 0.920. The SMILES string of the molecule is Clc1cccc(N2CCN(CCC3CCNC3)CC2)c1. The molecule has 110 valence electrons. The van der Waals surface area contributed by atoms with Crippen LogP contribution in [0.25, 0.3) is 0 Å². The second-order valence-corrected chi connectivity index (χ2v) is 6.39. The lowest BCUT2D eigenvalue weighted by atomic mass is 10.0. The van der Waals surface area contributed by atoms with Crippen molar-refractivity contribution in [1.29, 1.82) is 0 Å². The molecule has 0 amide bonds. The van der Waals surface area contributed by atoms with Crippen LogP contribution in [0.1, 0.15) is 12.8 Å². The highest BCUT2D eigenvalue weighted by Gasteiger charge is 2.19. The van der Waals surface area contributed by atoms with Crippen molar-refractivity contribution in [2.24, 2.45) is 5.92 Å². The first-order valence-corrected chi connectivity index (χ1v) is 8.12. The van der Waals surface area contributed by atoms with Crippen LogP contribution < -0.4 is 10.2 Å². The summed E-state index contributed by atoms with van der Waals surface area (Å²) in [7, 11) is 0. The molecule has 2 fully saturated rings. The normalized spacial score (nSPS) is 24.2. The molecule has 1 N–H and O–H groups in total. The Balaban J connectivity index is 1.44. The van der Waals surface area contributed by atoms with Gasteiger partial charge in [0.2, 0.25) is 0 Å². The Bertz CT molecular complexity index is 423. The van der Waals surface area contributed by atoms with Crippen LogP contribution in [0.5, 0.6) is 0 Å². The number of piperazine rings is 1. The minimum atomic E-state index is 0.832. The van der Waals surface area contributed by atoms with E-state index < -0.39 is 0 Å². The molecular formula is C16H24ClN3. The van der Waals surface area contributed by atoms with Gasteiger partial charge >= 0.3 is 0 Å².